The third kappa shape index (κ3) is 2.98. The molecular weight excluding hydrogens is 352 g/mol. The number of oxazole rings is 1. The molecule has 0 aliphatic rings. The maximum atomic E-state index is 12.6. The van der Waals surface area contributed by atoms with Gasteiger partial charge in [-0.15, -0.1) is 0 Å². The van der Waals surface area contributed by atoms with E-state index in [4.69, 9.17) is 16.0 Å². The predicted molar refractivity (Wildman–Crippen MR) is 91.6 cm³/mol. The van der Waals surface area contributed by atoms with Crippen LogP contribution in [0.1, 0.15) is 18.5 Å². The fraction of sp³-hybridized carbons (Fsp3) is 0.188. The molecule has 1 unspecified atom stereocenters. The SMILES string of the molecule is CC(NS(=O)(=O)c1ccc2c(c1)oc(=O)n2C)c1ccccc1Cl. The van der Waals surface area contributed by atoms with Gasteiger partial charge in [-0.2, -0.15) is 0 Å². The molecule has 126 valence electrons. The molecule has 0 saturated carbocycles. The van der Waals surface area contributed by atoms with Gasteiger partial charge >= 0.3 is 5.76 Å². The highest BCUT2D eigenvalue weighted by Crippen LogP contribution is 2.25. The van der Waals surface area contributed by atoms with Crippen molar-refractivity contribution < 1.29 is 12.8 Å². The van der Waals surface area contributed by atoms with Gasteiger partial charge in [0.2, 0.25) is 10.0 Å². The van der Waals surface area contributed by atoms with Crippen molar-refractivity contribution in [2.45, 2.75) is 17.9 Å². The Labute approximate surface area is 143 Å². The summed E-state index contributed by atoms with van der Waals surface area (Å²) in [6.07, 6.45) is 0. The molecule has 3 aromatic rings. The van der Waals surface area contributed by atoms with Crippen molar-refractivity contribution in [2.24, 2.45) is 7.05 Å². The molecule has 0 aliphatic heterocycles. The molecule has 1 aromatic heterocycles. The van der Waals surface area contributed by atoms with Gasteiger partial charge in [-0.05, 0) is 30.7 Å². The van der Waals surface area contributed by atoms with Crippen LogP contribution in [0.25, 0.3) is 11.1 Å². The first-order valence-corrected chi connectivity index (χ1v) is 9.02. The summed E-state index contributed by atoms with van der Waals surface area (Å²) in [5, 5.41) is 0.484. The third-order valence-electron chi connectivity index (χ3n) is 3.78. The number of hydrogen-bond donors (Lipinski definition) is 1. The van der Waals surface area contributed by atoms with Crippen LogP contribution in [0.5, 0.6) is 0 Å². The molecule has 0 fully saturated rings. The molecule has 0 radical (unpaired) electrons. The molecule has 3 rings (SSSR count). The van der Waals surface area contributed by atoms with Crippen LogP contribution in [-0.4, -0.2) is 13.0 Å². The van der Waals surface area contributed by atoms with Crippen LogP contribution < -0.4 is 10.5 Å². The van der Waals surface area contributed by atoms with Crippen molar-refractivity contribution >= 4 is 32.7 Å². The van der Waals surface area contributed by atoms with Gasteiger partial charge < -0.3 is 4.42 Å². The Morgan fingerprint density at radius 2 is 1.92 bits per heavy atom. The summed E-state index contributed by atoms with van der Waals surface area (Å²) in [6.45, 7) is 1.71. The Bertz CT molecular complexity index is 1070. The van der Waals surface area contributed by atoms with E-state index in [0.29, 0.717) is 16.1 Å². The normalized spacial score (nSPS) is 13.3. The average Bonchev–Trinajstić information content (AvgIpc) is 2.81. The Balaban J connectivity index is 1.96. The Morgan fingerprint density at radius 1 is 1.21 bits per heavy atom. The molecule has 0 saturated heterocycles. The maximum absolute atomic E-state index is 12.6. The predicted octanol–water partition coefficient (Wildman–Crippen LogP) is 2.82. The maximum Gasteiger partial charge on any atom is 0.419 e. The van der Waals surface area contributed by atoms with Crippen molar-refractivity contribution in [3.63, 3.8) is 0 Å². The molecule has 24 heavy (non-hydrogen) atoms. The van der Waals surface area contributed by atoms with Gasteiger partial charge in [0.15, 0.2) is 5.58 Å². The summed E-state index contributed by atoms with van der Waals surface area (Å²) in [4.78, 5) is 11.5. The number of sulfonamides is 1. The second-order valence-electron chi connectivity index (χ2n) is 5.42. The van der Waals surface area contributed by atoms with E-state index in [1.807, 2.05) is 0 Å². The Hall–Kier alpha value is -2.09. The van der Waals surface area contributed by atoms with Gasteiger partial charge in [0.25, 0.3) is 0 Å². The lowest BCUT2D eigenvalue weighted by Crippen LogP contribution is -2.27. The molecule has 1 heterocycles. The summed E-state index contributed by atoms with van der Waals surface area (Å²) in [7, 11) is -2.24. The molecular formula is C16H15ClN2O4S. The summed E-state index contributed by atoms with van der Waals surface area (Å²) >= 11 is 6.10. The van der Waals surface area contributed by atoms with Crippen LogP contribution in [0, 0.1) is 0 Å². The van der Waals surface area contributed by atoms with Gasteiger partial charge in [-0.25, -0.2) is 17.9 Å². The van der Waals surface area contributed by atoms with Crippen LogP contribution in [0.2, 0.25) is 5.02 Å². The van der Waals surface area contributed by atoms with E-state index in [1.54, 1.807) is 38.2 Å². The number of nitrogens with one attached hydrogen (secondary N) is 1. The van der Waals surface area contributed by atoms with Crippen molar-refractivity contribution in [1.82, 2.24) is 9.29 Å². The number of aromatic nitrogens is 1. The molecule has 2 aromatic carbocycles. The van der Waals surface area contributed by atoms with Crippen LogP contribution in [0.3, 0.4) is 0 Å². The number of fused-ring (bicyclic) bond motifs is 1. The smallest absolute Gasteiger partial charge is 0.408 e. The van der Waals surface area contributed by atoms with Crippen molar-refractivity contribution in [1.29, 1.82) is 0 Å². The van der Waals surface area contributed by atoms with Gasteiger partial charge in [0.05, 0.1) is 10.4 Å². The summed E-state index contributed by atoms with van der Waals surface area (Å²) < 4.78 is 34.1. The number of benzene rings is 2. The highest BCUT2D eigenvalue weighted by Gasteiger charge is 2.21. The van der Waals surface area contributed by atoms with Gasteiger partial charge in [0.1, 0.15) is 0 Å². The molecule has 6 nitrogen and oxygen atoms in total. The monoisotopic (exact) mass is 366 g/mol. The third-order valence-corrected chi connectivity index (χ3v) is 5.66. The van der Waals surface area contributed by atoms with E-state index < -0.39 is 21.8 Å². The number of aryl methyl sites for hydroxylation is 1. The van der Waals surface area contributed by atoms with E-state index in [9.17, 15) is 13.2 Å². The van der Waals surface area contributed by atoms with Gasteiger partial charge in [-0.3, -0.25) is 4.57 Å². The van der Waals surface area contributed by atoms with E-state index >= 15 is 0 Å². The molecule has 0 bridgehead atoms. The molecule has 0 spiro atoms. The lowest BCUT2D eigenvalue weighted by atomic mass is 10.1. The van der Waals surface area contributed by atoms with Crippen molar-refractivity contribution in [2.75, 3.05) is 0 Å². The Morgan fingerprint density at radius 3 is 2.62 bits per heavy atom. The van der Waals surface area contributed by atoms with Gasteiger partial charge in [-0.1, -0.05) is 29.8 Å². The number of rotatable bonds is 4. The van der Waals surface area contributed by atoms with Crippen molar-refractivity contribution in [3.8, 4) is 0 Å². The van der Waals surface area contributed by atoms with E-state index in [2.05, 4.69) is 4.72 Å². The first-order valence-electron chi connectivity index (χ1n) is 7.16. The zero-order chi connectivity index (χ0) is 17.5. The second-order valence-corrected chi connectivity index (χ2v) is 7.54. The summed E-state index contributed by atoms with van der Waals surface area (Å²) in [5.74, 6) is -0.544. The summed E-state index contributed by atoms with van der Waals surface area (Å²) in [6, 6.07) is 10.8. The van der Waals surface area contributed by atoms with Crippen LogP contribution >= 0.6 is 11.6 Å². The van der Waals surface area contributed by atoms with Crippen LogP contribution in [0.15, 0.2) is 56.6 Å². The van der Waals surface area contributed by atoms with Crippen LogP contribution in [-0.2, 0) is 17.1 Å². The van der Waals surface area contributed by atoms with E-state index in [1.165, 1.54) is 22.8 Å². The quantitative estimate of drug-likeness (QED) is 0.769. The highest BCUT2D eigenvalue weighted by molar-refractivity contribution is 7.89. The lowest BCUT2D eigenvalue weighted by Gasteiger charge is -2.16. The first-order chi connectivity index (χ1) is 11.3. The van der Waals surface area contributed by atoms with E-state index in [0.717, 1.165) is 0 Å². The largest absolute Gasteiger partial charge is 0.419 e. The first kappa shape index (κ1) is 16.8. The minimum Gasteiger partial charge on any atom is -0.408 e. The number of nitrogens with zero attached hydrogens (tertiary/aromatic N) is 1. The zero-order valence-electron chi connectivity index (χ0n) is 13.0. The minimum atomic E-state index is -3.80. The fourth-order valence-electron chi connectivity index (χ4n) is 2.47. The molecule has 8 heteroatoms. The molecule has 1 N–H and O–H groups in total. The average molecular weight is 367 g/mol. The Kier molecular flexibility index (Phi) is 4.25. The minimum absolute atomic E-state index is 0.0169. The van der Waals surface area contributed by atoms with E-state index in [-0.39, 0.29) is 10.5 Å². The highest BCUT2D eigenvalue weighted by atomic mass is 35.5. The second kappa shape index (κ2) is 6.08. The summed E-state index contributed by atoms with van der Waals surface area (Å²) in [5.41, 5.74) is 1.42. The molecule has 0 aliphatic carbocycles. The zero-order valence-corrected chi connectivity index (χ0v) is 14.6. The molecule has 0 amide bonds. The van der Waals surface area contributed by atoms with Gasteiger partial charge in [0, 0.05) is 24.2 Å². The standard InChI is InChI=1S/C16H15ClN2O4S/c1-10(12-5-3-4-6-13(12)17)18-24(21,22)11-7-8-14-15(9-11)23-16(20)19(14)2/h3-10,18H,1-2H3. The number of halogens is 1. The number of hydrogen-bond acceptors (Lipinski definition) is 4. The molecule has 1 atom stereocenters. The van der Waals surface area contributed by atoms with Crippen molar-refractivity contribution in [3.05, 3.63) is 63.6 Å². The fourth-order valence-corrected chi connectivity index (χ4v) is 4.01. The lowest BCUT2D eigenvalue weighted by molar-refractivity contribution is 0.527. The topological polar surface area (TPSA) is 81.3 Å². The van der Waals surface area contributed by atoms with Crippen LogP contribution in [0.4, 0.5) is 0 Å².